The lowest BCUT2D eigenvalue weighted by Gasteiger charge is -2.22. The summed E-state index contributed by atoms with van der Waals surface area (Å²) in [7, 11) is -3.39. The first-order valence-electron chi connectivity index (χ1n) is 6.88. The third-order valence-electron chi connectivity index (χ3n) is 3.15. The fraction of sp³-hybridized carbons (Fsp3) is 0.692. The first-order chi connectivity index (χ1) is 9.47. The number of thiophene rings is 1. The molecule has 1 fully saturated rings. The van der Waals surface area contributed by atoms with E-state index in [2.05, 4.69) is 23.9 Å². The molecule has 1 saturated heterocycles. The maximum Gasteiger partial charge on any atom is 0.250 e. The fourth-order valence-electron chi connectivity index (χ4n) is 2.00. The van der Waals surface area contributed by atoms with Gasteiger partial charge in [0.15, 0.2) is 0 Å². The predicted octanol–water partition coefficient (Wildman–Crippen LogP) is 1.70. The highest BCUT2D eigenvalue weighted by atomic mass is 32.2. The Morgan fingerprint density at radius 1 is 1.40 bits per heavy atom. The molecule has 0 atom stereocenters. The molecular formula is C13H22N2O3S2. The van der Waals surface area contributed by atoms with Crippen LogP contribution in [0.1, 0.15) is 32.3 Å². The van der Waals surface area contributed by atoms with Crippen LogP contribution >= 0.6 is 11.3 Å². The summed E-state index contributed by atoms with van der Waals surface area (Å²) in [6.45, 7) is 6.08. The number of hydrogen-bond donors (Lipinski definition) is 2. The van der Waals surface area contributed by atoms with Crippen molar-refractivity contribution >= 4 is 21.4 Å². The Morgan fingerprint density at radius 3 is 2.75 bits per heavy atom. The summed E-state index contributed by atoms with van der Waals surface area (Å²) in [5.74, 6) is 0. The van der Waals surface area contributed by atoms with Crippen LogP contribution in [0.5, 0.6) is 0 Å². The van der Waals surface area contributed by atoms with Crippen LogP contribution in [0.2, 0.25) is 0 Å². The van der Waals surface area contributed by atoms with Gasteiger partial charge in [0.1, 0.15) is 4.21 Å². The lowest BCUT2D eigenvalue weighted by atomic mass is 10.1. The average molecular weight is 318 g/mol. The fourth-order valence-corrected chi connectivity index (χ4v) is 4.53. The van der Waals surface area contributed by atoms with E-state index in [0.29, 0.717) is 30.0 Å². The van der Waals surface area contributed by atoms with E-state index in [9.17, 15) is 8.42 Å². The Labute approximate surface area is 124 Å². The number of ether oxygens (including phenoxy) is 1. The van der Waals surface area contributed by atoms with Gasteiger partial charge in [0, 0.05) is 31.8 Å². The van der Waals surface area contributed by atoms with Crippen molar-refractivity contribution < 1.29 is 13.2 Å². The highest BCUT2D eigenvalue weighted by Gasteiger charge is 2.23. The Balaban J connectivity index is 1.98. The molecule has 0 amide bonds. The predicted molar refractivity (Wildman–Crippen MR) is 80.5 cm³/mol. The minimum atomic E-state index is -3.39. The Bertz CT molecular complexity index is 519. The van der Waals surface area contributed by atoms with E-state index < -0.39 is 10.0 Å². The smallest absolute Gasteiger partial charge is 0.250 e. The third-order valence-corrected chi connectivity index (χ3v) is 6.16. The van der Waals surface area contributed by atoms with Crippen LogP contribution < -0.4 is 10.0 Å². The monoisotopic (exact) mass is 318 g/mol. The van der Waals surface area contributed by atoms with Crippen LogP contribution in [-0.2, 0) is 21.3 Å². The van der Waals surface area contributed by atoms with Gasteiger partial charge in [0.2, 0.25) is 10.0 Å². The molecule has 1 aromatic rings. The molecule has 0 aromatic carbocycles. The number of sulfonamides is 1. The lowest BCUT2D eigenvalue weighted by Crippen LogP contribution is -2.38. The summed E-state index contributed by atoms with van der Waals surface area (Å²) in [5.41, 5.74) is 1.01. The van der Waals surface area contributed by atoms with Crippen LogP contribution in [-0.4, -0.2) is 33.7 Å². The van der Waals surface area contributed by atoms with Gasteiger partial charge in [0.05, 0.1) is 0 Å². The second-order valence-corrected chi connectivity index (χ2v) is 8.17. The topological polar surface area (TPSA) is 67.4 Å². The van der Waals surface area contributed by atoms with Gasteiger partial charge in [0.25, 0.3) is 0 Å². The maximum atomic E-state index is 12.3. The second kappa shape index (κ2) is 7.00. The second-order valence-electron chi connectivity index (χ2n) is 5.32. The number of rotatable bonds is 6. The molecule has 7 heteroatoms. The first-order valence-corrected chi connectivity index (χ1v) is 9.24. The first kappa shape index (κ1) is 15.9. The normalized spacial score (nSPS) is 17.8. The Kier molecular flexibility index (Phi) is 5.57. The van der Waals surface area contributed by atoms with E-state index in [-0.39, 0.29) is 6.04 Å². The zero-order valence-electron chi connectivity index (χ0n) is 11.9. The minimum Gasteiger partial charge on any atom is -0.381 e. The highest BCUT2D eigenvalue weighted by molar-refractivity contribution is 7.91. The number of hydrogen-bond acceptors (Lipinski definition) is 5. The van der Waals surface area contributed by atoms with Gasteiger partial charge in [-0.3, -0.25) is 0 Å². The van der Waals surface area contributed by atoms with Crippen molar-refractivity contribution in [1.82, 2.24) is 10.0 Å². The quantitative estimate of drug-likeness (QED) is 0.838. The van der Waals surface area contributed by atoms with Crippen LogP contribution in [0.3, 0.4) is 0 Å². The van der Waals surface area contributed by atoms with Crippen molar-refractivity contribution in [2.24, 2.45) is 0 Å². The van der Waals surface area contributed by atoms with E-state index in [4.69, 9.17) is 4.74 Å². The average Bonchev–Trinajstić information content (AvgIpc) is 2.86. The molecule has 2 N–H and O–H groups in total. The van der Waals surface area contributed by atoms with Gasteiger partial charge in [-0.25, -0.2) is 13.1 Å². The summed E-state index contributed by atoms with van der Waals surface area (Å²) in [6.07, 6.45) is 1.48. The third kappa shape index (κ3) is 4.53. The molecule has 1 aromatic heterocycles. The van der Waals surface area contributed by atoms with Crippen LogP contribution in [0.4, 0.5) is 0 Å². The van der Waals surface area contributed by atoms with E-state index in [0.717, 1.165) is 18.4 Å². The van der Waals surface area contributed by atoms with E-state index in [1.54, 1.807) is 6.07 Å². The molecular weight excluding hydrogens is 296 g/mol. The van der Waals surface area contributed by atoms with Crippen molar-refractivity contribution in [1.29, 1.82) is 0 Å². The largest absolute Gasteiger partial charge is 0.381 e. The van der Waals surface area contributed by atoms with Crippen molar-refractivity contribution in [3.8, 4) is 0 Å². The van der Waals surface area contributed by atoms with Crippen LogP contribution in [0.25, 0.3) is 0 Å². The van der Waals surface area contributed by atoms with Gasteiger partial charge in [-0.2, -0.15) is 0 Å². The minimum absolute atomic E-state index is 0.00640. The SMILES string of the molecule is CC(C)NCc1csc(S(=O)(=O)NC2CCOCC2)c1. The summed E-state index contributed by atoms with van der Waals surface area (Å²) in [5, 5.41) is 5.18. The van der Waals surface area contributed by atoms with Gasteiger partial charge in [-0.15, -0.1) is 11.3 Å². The summed E-state index contributed by atoms with van der Waals surface area (Å²) >= 11 is 1.28. The Morgan fingerprint density at radius 2 is 2.10 bits per heavy atom. The molecule has 1 aliphatic rings. The molecule has 2 rings (SSSR count). The molecule has 20 heavy (non-hydrogen) atoms. The van der Waals surface area contributed by atoms with Crippen LogP contribution in [0, 0.1) is 0 Å². The summed E-state index contributed by atoms with van der Waals surface area (Å²) in [6, 6.07) is 2.13. The molecule has 0 aliphatic carbocycles. The maximum absolute atomic E-state index is 12.3. The van der Waals surface area contributed by atoms with Crippen molar-refractivity contribution in [2.45, 2.75) is 49.5 Å². The van der Waals surface area contributed by atoms with Crippen molar-refractivity contribution in [3.05, 3.63) is 17.0 Å². The molecule has 5 nitrogen and oxygen atoms in total. The van der Waals surface area contributed by atoms with Gasteiger partial charge < -0.3 is 10.1 Å². The molecule has 0 saturated carbocycles. The molecule has 114 valence electrons. The molecule has 0 unspecified atom stereocenters. The van der Waals surface area contributed by atoms with Crippen molar-refractivity contribution in [2.75, 3.05) is 13.2 Å². The zero-order valence-corrected chi connectivity index (χ0v) is 13.5. The standard InChI is InChI=1S/C13H22N2O3S2/c1-10(2)14-8-11-7-13(19-9-11)20(16,17)15-12-3-5-18-6-4-12/h7,9-10,12,14-15H,3-6,8H2,1-2H3. The van der Waals surface area contributed by atoms with Gasteiger partial charge in [-0.1, -0.05) is 13.8 Å². The lowest BCUT2D eigenvalue weighted by molar-refractivity contribution is 0.0832. The van der Waals surface area contributed by atoms with Gasteiger partial charge in [-0.05, 0) is 29.9 Å². The number of nitrogens with one attached hydrogen (secondary N) is 2. The van der Waals surface area contributed by atoms with Crippen LogP contribution in [0.15, 0.2) is 15.7 Å². The van der Waals surface area contributed by atoms with E-state index in [1.807, 2.05) is 5.38 Å². The molecule has 0 bridgehead atoms. The molecule has 2 heterocycles. The van der Waals surface area contributed by atoms with E-state index in [1.165, 1.54) is 11.3 Å². The summed E-state index contributed by atoms with van der Waals surface area (Å²) < 4.78 is 33.0. The molecule has 0 radical (unpaired) electrons. The highest BCUT2D eigenvalue weighted by Crippen LogP contribution is 2.21. The zero-order chi connectivity index (χ0) is 14.6. The van der Waals surface area contributed by atoms with Crippen molar-refractivity contribution in [3.63, 3.8) is 0 Å². The Hall–Kier alpha value is -0.470. The van der Waals surface area contributed by atoms with Gasteiger partial charge >= 0.3 is 0 Å². The molecule has 1 aliphatic heterocycles. The van der Waals surface area contributed by atoms with E-state index >= 15 is 0 Å². The molecule has 0 spiro atoms. The summed E-state index contributed by atoms with van der Waals surface area (Å²) in [4.78, 5) is 0.